The fraction of sp³-hybridized carbons (Fsp3) is 0.0370. The first-order valence-corrected chi connectivity index (χ1v) is 20.1. The van der Waals surface area contributed by atoms with Gasteiger partial charge in [0.15, 0.2) is 5.58 Å². The molecule has 0 aliphatic carbocycles. The molecule has 0 fully saturated rings. The number of benzene rings is 9. The average Bonchev–Trinajstić information content (AvgIpc) is 3.94. The molecule has 58 heavy (non-hydrogen) atoms. The van der Waals surface area contributed by atoms with Crippen molar-refractivity contribution in [2.24, 2.45) is 0 Å². The Morgan fingerprint density at radius 1 is 0.448 bits per heavy atom. The van der Waals surface area contributed by atoms with Crippen LogP contribution in [0.2, 0.25) is 0 Å². The molecule has 0 unspecified atom stereocenters. The molecule has 4 heteroatoms. The van der Waals surface area contributed by atoms with Crippen molar-refractivity contribution >= 4 is 93.4 Å². The number of anilines is 3. The van der Waals surface area contributed by atoms with Gasteiger partial charge in [0.1, 0.15) is 5.58 Å². The number of aryl methyl sites for hydroxylation is 1. The van der Waals surface area contributed by atoms with Crippen LogP contribution in [0.15, 0.2) is 199 Å². The maximum Gasteiger partial charge on any atom is 0.159 e. The molecule has 0 spiro atoms. The largest absolute Gasteiger partial charge is 0.454 e. The second-order valence-corrected chi connectivity index (χ2v) is 15.1. The van der Waals surface area contributed by atoms with Gasteiger partial charge in [0, 0.05) is 55.5 Å². The van der Waals surface area contributed by atoms with Crippen molar-refractivity contribution in [3.63, 3.8) is 0 Å². The van der Waals surface area contributed by atoms with Crippen LogP contribution in [0.25, 0.3) is 93.1 Å². The Morgan fingerprint density at radius 3 is 1.93 bits per heavy atom. The highest BCUT2D eigenvalue weighted by Gasteiger charge is 2.24. The minimum atomic E-state index is 0.871. The van der Waals surface area contributed by atoms with Crippen molar-refractivity contribution in [3.8, 4) is 16.8 Å². The molecule has 0 radical (unpaired) electrons. The van der Waals surface area contributed by atoms with Gasteiger partial charge in [-0.2, -0.15) is 0 Å². The van der Waals surface area contributed by atoms with Crippen LogP contribution in [0.4, 0.5) is 17.1 Å². The Kier molecular flexibility index (Phi) is 7.17. The van der Waals surface area contributed by atoms with E-state index >= 15 is 0 Å². The van der Waals surface area contributed by atoms with Crippen LogP contribution in [0.1, 0.15) is 6.92 Å². The first kappa shape index (κ1) is 32.7. The van der Waals surface area contributed by atoms with Gasteiger partial charge in [-0.25, -0.2) is 0 Å². The number of nitrogens with zero attached hydrogens (tertiary/aromatic N) is 3. The highest BCUT2D eigenvalue weighted by Crippen LogP contribution is 2.47. The number of rotatable bonds is 6. The molecule has 0 bridgehead atoms. The van der Waals surface area contributed by atoms with Crippen molar-refractivity contribution in [2.45, 2.75) is 13.5 Å². The summed E-state index contributed by atoms with van der Waals surface area (Å²) >= 11 is 0. The number of hydrogen-bond donors (Lipinski definition) is 0. The number of aromatic nitrogens is 2. The van der Waals surface area contributed by atoms with Crippen LogP contribution in [0.3, 0.4) is 0 Å². The monoisotopic (exact) mass is 743 g/mol. The SMILES string of the molecule is CCn1c2ccccc2c2c(N(c3ccc(-c4ccc5c6ccccc6n(-c6cccc7ccccc67)c5c4)cc3)c3cccc4c3oc3ccccc34)cccc21. The average molecular weight is 744 g/mol. The Morgan fingerprint density at radius 2 is 1.07 bits per heavy atom. The summed E-state index contributed by atoms with van der Waals surface area (Å²) in [7, 11) is 0. The molecule has 12 rings (SSSR count). The van der Waals surface area contributed by atoms with E-state index in [1.165, 1.54) is 65.6 Å². The molecule has 4 nitrogen and oxygen atoms in total. The van der Waals surface area contributed by atoms with Gasteiger partial charge in [-0.3, -0.25) is 0 Å². The fourth-order valence-corrected chi connectivity index (χ4v) is 9.54. The molecular formula is C54H37N3O. The van der Waals surface area contributed by atoms with Gasteiger partial charge in [0.25, 0.3) is 0 Å². The van der Waals surface area contributed by atoms with Gasteiger partial charge in [-0.15, -0.1) is 0 Å². The van der Waals surface area contributed by atoms with Gasteiger partial charge < -0.3 is 18.5 Å². The third-order valence-electron chi connectivity index (χ3n) is 12.1. The molecule has 3 heterocycles. The van der Waals surface area contributed by atoms with E-state index in [4.69, 9.17) is 4.42 Å². The summed E-state index contributed by atoms with van der Waals surface area (Å²) in [6.45, 7) is 3.11. The highest BCUT2D eigenvalue weighted by atomic mass is 16.3. The Bertz CT molecular complexity index is 3560. The van der Waals surface area contributed by atoms with Gasteiger partial charge in [-0.1, -0.05) is 133 Å². The molecule has 3 aromatic heterocycles. The fourth-order valence-electron chi connectivity index (χ4n) is 9.54. The van der Waals surface area contributed by atoms with Gasteiger partial charge in [0.2, 0.25) is 0 Å². The lowest BCUT2D eigenvalue weighted by Crippen LogP contribution is -2.10. The normalized spacial score (nSPS) is 11.9. The Balaban J connectivity index is 1.06. The van der Waals surface area contributed by atoms with Crippen LogP contribution in [-0.4, -0.2) is 9.13 Å². The Labute approximate surface area is 335 Å². The standard InChI is InChI=1S/C54H37N3O/c1-2-55-45-21-8-6-19-44(45)53-48(55)24-13-25-49(53)56(50-26-12-20-43-42-18-7-10-27-52(42)58-54(43)50)38-31-28-35(29-32-38)37-30-33-41-40-17-5-9-22-47(40)57(51(41)34-37)46-23-11-15-36-14-3-4-16-39(36)46/h3-34H,2H2,1H3. The van der Waals surface area contributed by atoms with E-state index < -0.39 is 0 Å². The van der Waals surface area contributed by atoms with Crippen molar-refractivity contribution in [2.75, 3.05) is 4.90 Å². The second kappa shape index (κ2) is 12.7. The van der Waals surface area contributed by atoms with Crippen molar-refractivity contribution in [1.82, 2.24) is 9.13 Å². The minimum Gasteiger partial charge on any atom is -0.454 e. The maximum atomic E-state index is 6.72. The second-order valence-electron chi connectivity index (χ2n) is 15.1. The van der Waals surface area contributed by atoms with E-state index in [0.717, 1.165) is 51.1 Å². The van der Waals surface area contributed by atoms with E-state index in [1.807, 2.05) is 6.07 Å². The number of fused-ring (bicyclic) bond motifs is 10. The molecule has 0 amide bonds. The lowest BCUT2D eigenvalue weighted by molar-refractivity contribution is 0.669. The first-order chi connectivity index (χ1) is 28.7. The Hall–Kier alpha value is -7.56. The van der Waals surface area contributed by atoms with Gasteiger partial charge in [0.05, 0.1) is 33.6 Å². The summed E-state index contributed by atoms with van der Waals surface area (Å²) in [6, 6.07) is 70.3. The summed E-state index contributed by atoms with van der Waals surface area (Å²) in [5.74, 6) is 0. The topological polar surface area (TPSA) is 26.2 Å². The van der Waals surface area contributed by atoms with E-state index in [9.17, 15) is 0 Å². The lowest BCUT2D eigenvalue weighted by Gasteiger charge is -2.27. The zero-order valence-electron chi connectivity index (χ0n) is 31.9. The predicted octanol–water partition coefficient (Wildman–Crippen LogP) is 15.1. The van der Waals surface area contributed by atoms with E-state index in [2.05, 4.69) is 209 Å². The summed E-state index contributed by atoms with van der Waals surface area (Å²) in [5, 5.41) is 9.65. The van der Waals surface area contributed by atoms with Crippen molar-refractivity contribution in [3.05, 3.63) is 194 Å². The van der Waals surface area contributed by atoms with Gasteiger partial charge in [-0.05, 0) is 84.1 Å². The lowest BCUT2D eigenvalue weighted by atomic mass is 10.0. The summed E-state index contributed by atoms with van der Waals surface area (Å²) < 4.78 is 11.6. The smallest absolute Gasteiger partial charge is 0.159 e. The molecule has 9 aromatic carbocycles. The molecule has 12 aromatic rings. The minimum absolute atomic E-state index is 0.871. The molecule has 0 saturated heterocycles. The van der Waals surface area contributed by atoms with Crippen LogP contribution in [-0.2, 0) is 6.54 Å². The zero-order valence-corrected chi connectivity index (χ0v) is 31.9. The van der Waals surface area contributed by atoms with Crippen LogP contribution >= 0.6 is 0 Å². The molecule has 0 N–H and O–H groups in total. The maximum absolute atomic E-state index is 6.72. The molecule has 0 atom stereocenters. The van der Waals surface area contributed by atoms with E-state index in [-0.39, 0.29) is 0 Å². The third-order valence-corrected chi connectivity index (χ3v) is 12.1. The van der Waals surface area contributed by atoms with Crippen molar-refractivity contribution < 1.29 is 4.42 Å². The molecular weight excluding hydrogens is 707 g/mol. The molecule has 0 aliphatic rings. The van der Waals surface area contributed by atoms with E-state index in [0.29, 0.717) is 0 Å². The van der Waals surface area contributed by atoms with Crippen LogP contribution in [0.5, 0.6) is 0 Å². The summed E-state index contributed by atoms with van der Waals surface area (Å²) in [4.78, 5) is 2.39. The molecule has 0 aliphatic heterocycles. The summed E-state index contributed by atoms with van der Waals surface area (Å²) in [6.07, 6.45) is 0. The zero-order chi connectivity index (χ0) is 38.3. The predicted molar refractivity (Wildman–Crippen MR) is 244 cm³/mol. The van der Waals surface area contributed by atoms with Crippen LogP contribution < -0.4 is 4.90 Å². The number of para-hydroxylation sites is 4. The number of furan rings is 1. The summed E-state index contributed by atoms with van der Waals surface area (Å²) in [5.41, 5.74) is 13.3. The van der Waals surface area contributed by atoms with Crippen LogP contribution in [0, 0.1) is 0 Å². The quantitative estimate of drug-likeness (QED) is 0.170. The highest BCUT2D eigenvalue weighted by molar-refractivity contribution is 6.18. The molecule has 0 saturated carbocycles. The third kappa shape index (κ3) is 4.75. The van der Waals surface area contributed by atoms with Crippen molar-refractivity contribution in [1.29, 1.82) is 0 Å². The van der Waals surface area contributed by atoms with E-state index in [1.54, 1.807) is 0 Å². The first-order valence-electron chi connectivity index (χ1n) is 20.1. The molecule has 274 valence electrons. The van der Waals surface area contributed by atoms with Gasteiger partial charge >= 0.3 is 0 Å². The number of hydrogen-bond acceptors (Lipinski definition) is 2.